The van der Waals surface area contributed by atoms with Crippen molar-refractivity contribution < 1.29 is 34.8 Å². The Morgan fingerprint density at radius 1 is 1.00 bits per heavy atom. The van der Waals surface area contributed by atoms with Gasteiger partial charge in [0.05, 0.1) is 16.9 Å². The predicted molar refractivity (Wildman–Crippen MR) is 92.0 cm³/mol. The molecular weight excluding hydrogens is 422 g/mol. The summed E-state index contributed by atoms with van der Waals surface area (Å²) in [7, 11) is -3.85. The van der Waals surface area contributed by atoms with Crippen LogP contribution in [0.25, 0.3) is 16.9 Å². The summed E-state index contributed by atoms with van der Waals surface area (Å²) >= 11 is 0. The molecule has 2 aromatic carbocycles. The lowest BCUT2D eigenvalue weighted by Gasteiger charge is -2.11. The van der Waals surface area contributed by atoms with Crippen LogP contribution < -0.4 is 0 Å². The summed E-state index contributed by atoms with van der Waals surface area (Å²) in [5, 5.41) is 3.69. The fourth-order valence-corrected chi connectivity index (χ4v) is 3.39. The zero-order valence-electron chi connectivity index (χ0n) is 14.6. The Hall–Kier alpha value is -2.82. The van der Waals surface area contributed by atoms with Gasteiger partial charge >= 0.3 is 6.18 Å². The number of rotatable bonds is 4. The highest BCUT2D eigenvalue weighted by Crippen LogP contribution is 2.32. The van der Waals surface area contributed by atoms with E-state index in [9.17, 15) is 34.8 Å². The van der Waals surface area contributed by atoms with Crippen LogP contribution in [0.2, 0.25) is 0 Å². The van der Waals surface area contributed by atoms with Crippen LogP contribution in [0.5, 0.6) is 0 Å². The normalized spacial score (nSPS) is 12.6. The Morgan fingerprint density at radius 2 is 1.62 bits per heavy atom. The van der Waals surface area contributed by atoms with Crippen molar-refractivity contribution in [1.82, 2.24) is 9.78 Å². The molecule has 0 saturated carbocycles. The van der Waals surface area contributed by atoms with Gasteiger partial charge in [0.2, 0.25) is 0 Å². The first-order valence-corrected chi connectivity index (χ1v) is 9.83. The molecule has 0 bridgehead atoms. The quantitative estimate of drug-likeness (QED) is 0.541. The minimum Gasteiger partial charge on any atom is -0.233 e. The van der Waals surface area contributed by atoms with E-state index >= 15 is 0 Å². The Balaban J connectivity index is 2.14. The molecule has 1 aromatic heterocycles. The van der Waals surface area contributed by atoms with E-state index in [-0.39, 0.29) is 16.9 Å². The molecule has 154 valence electrons. The summed E-state index contributed by atoms with van der Waals surface area (Å²) in [6.45, 7) is 0. The van der Waals surface area contributed by atoms with E-state index in [1.807, 2.05) is 0 Å². The van der Waals surface area contributed by atoms with Gasteiger partial charge in [0.15, 0.2) is 9.84 Å². The third kappa shape index (κ3) is 4.29. The van der Waals surface area contributed by atoms with E-state index in [2.05, 4.69) is 5.10 Å². The second-order valence-electron chi connectivity index (χ2n) is 6.13. The standard InChI is InChI=1S/C18H12F6N2O2S/c1-29(27,28)16-7-2-10(8-13(16)19)15-9-14(17(20)21)25-26(15)12-5-3-11(4-6-12)18(22,23)24/h2-9,17H,1H3. The SMILES string of the molecule is CS(=O)(=O)c1ccc(-c2cc(C(F)F)nn2-c2ccc(C(F)(F)F)cc2)cc1F. The van der Waals surface area contributed by atoms with Gasteiger partial charge in [-0.3, -0.25) is 0 Å². The number of halogens is 6. The highest BCUT2D eigenvalue weighted by atomic mass is 32.2. The van der Waals surface area contributed by atoms with E-state index in [0.717, 1.165) is 53.4 Å². The van der Waals surface area contributed by atoms with Gasteiger partial charge in [0.1, 0.15) is 16.4 Å². The summed E-state index contributed by atoms with van der Waals surface area (Å²) in [4.78, 5) is -0.573. The van der Waals surface area contributed by atoms with Crippen molar-refractivity contribution in [2.45, 2.75) is 17.5 Å². The highest BCUT2D eigenvalue weighted by Gasteiger charge is 2.30. The van der Waals surface area contributed by atoms with Crippen molar-refractivity contribution in [2.75, 3.05) is 6.26 Å². The second kappa shape index (κ2) is 7.21. The van der Waals surface area contributed by atoms with Gasteiger partial charge in [-0.15, -0.1) is 0 Å². The lowest BCUT2D eigenvalue weighted by molar-refractivity contribution is -0.137. The van der Waals surface area contributed by atoms with Crippen molar-refractivity contribution in [3.8, 4) is 16.9 Å². The molecule has 11 heteroatoms. The molecule has 0 radical (unpaired) electrons. The summed E-state index contributed by atoms with van der Waals surface area (Å²) in [5.74, 6) is -1.09. The Morgan fingerprint density at radius 3 is 2.10 bits per heavy atom. The summed E-state index contributed by atoms with van der Waals surface area (Å²) in [6.07, 6.45) is -6.75. The largest absolute Gasteiger partial charge is 0.416 e. The summed E-state index contributed by atoms with van der Waals surface area (Å²) in [5.41, 5.74) is -1.60. The number of alkyl halides is 5. The van der Waals surface area contributed by atoms with Crippen LogP contribution in [0.1, 0.15) is 17.7 Å². The van der Waals surface area contributed by atoms with Crippen molar-refractivity contribution >= 4 is 9.84 Å². The van der Waals surface area contributed by atoms with Crippen LogP contribution in [0.3, 0.4) is 0 Å². The minimum atomic E-state index is -4.58. The lowest BCUT2D eigenvalue weighted by atomic mass is 10.1. The van der Waals surface area contributed by atoms with E-state index in [1.165, 1.54) is 6.07 Å². The van der Waals surface area contributed by atoms with Crippen molar-refractivity contribution in [2.24, 2.45) is 0 Å². The molecule has 0 aliphatic rings. The van der Waals surface area contributed by atoms with Gasteiger partial charge in [0.25, 0.3) is 6.43 Å². The molecule has 0 amide bonds. The molecule has 0 fully saturated rings. The molecule has 0 aliphatic heterocycles. The average Bonchev–Trinajstić information content (AvgIpc) is 3.05. The van der Waals surface area contributed by atoms with Gasteiger partial charge in [-0.25, -0.2) is 26.3 Å². The first kappa shape index (κ1) is 20.9. The van der Waals surface area contributed by atoms with Crippen LogP contribution in [-0.4, -0.2) is 24.5 Å². The summed E-state index contributed by atoms with van der Waals surface area (Å²) < 4.78 is 103. The van der Waals surface area contributed by atoms with E-state index in [1.54, 1.807) is 0 Å². The van der Waals surface area contributed by atoms with E-state index < -0.39 is 44.4 Å². The smallest absolute Gasteiger partial charge is 0.233 e. The van der Waals surface area contributed by atoms with Gasteiger partial charge < -0.3 is 0 Å². The number of benzene rings is 2. The van der Waals surface area contributed by atoms with Crippen LogP contribution in [0.15, 0.2) is 53.4 Å². The maximum atomic E-state index is 14.2. The molecule has 0 atom stereocenters. The molecule has 3 aromatic rings. The third-order valence-electron chi connectivity index (χ3n) is 4.02. The fraction of sp³-hybridized carbons (Fsp3) is 0.167. The molecule has 3 rings (SSSR count). The zero-order chi connectivity index (χ0) is 21.6. The molecule has 0 N–H and O–H groups in total. The lowest BCUT2D eigenvalue weighted by Crippen LogP contribution is -2.06. The van der Waals surface area contributed by atoms with Crippen LogP contribution in [0, 0.1) is 5.82 Å². The Labute approximate surface area is 161 Å². The average molecular weight is 434 g/mol. The molecule has 0 spiro atoms. The highest BCUT2D eigenvalue weighted by molar-refractivity contribution is 7.90. The van der Waals surface area contributed by atoms with Crippen LogP contribution in [-0.2, 0) is 16.0 Å². The van der Waals surface area contributed by atoms with E-state index in [0.29, 0.717) is 0 Å². The van der Waals surface area contributed by atoms with Crippen molar-refractivity contribution in [3.63, 3.8) is 0 Å². The molecule has 1 heterocycles. The van der Waals surface area contributed by atoms with E-state index in [4.69, 9.17) is 0 Å². The number of hydrogen-bond donors (Lipinski definition) is 0. The number of aromatic nitrogens is 2. The molecule has 4 nitrogen and oxygen atoms in total. The van der Waals surface area contributed by atoms with Gasteiger partial charge in [-0.1, -0.05) is 6.07 Å². The zero-order valence-corrected chi connectivity index (χ0v) is 15.4. The van der Waals surface area contributed by atoms with Gasteiger partial charge in [0, 0.05) is 11.8 Å². The maximum Gasteiger partial charge on any atom is 0.416 e. The Kier molecular flexibility index (Phi) is 5.20. The first-order chi connectivity index (χ1) is 13.4. The summed E-state index contributed by atoms with van der Waals surface area (Å²) in [6, 6.07) is 7.57. The molecule has 0 aliphatic carbocycles. The maximum absolute atomic E-state index is 14.2. The third-order valence-corrected chi connectivity index (χ3v) is 5.15. The molecule has 0 saturated heterocycles. The van der Waals surface area contributed by atoms with Gasteiger partial charge in [-0.2, -0.15) is 18.3 Å². The second-order valence-corrected chi connectivity index (χ2v) is 8.11. The number of nitrogens with zero attached hydrogens (tertiary/aromatic N) is 2. The van der Waals surface area contributed by atoms with Gasteiger partial charge in [-0.05, 0) is 42.5 Å². The van der Waals surface area contributed by atoms with Crippen molar-refractivity contribution in [3.05, 3.63) is 65.6 Å². The first-order valence-electron chi connectivity index (χ1n) is 7.93. The van der Waals surface area contributed by atoms with Crippen molar-refractivity contribution in [1.29, 1.82) is 0 Å². The molecular formula is C18H12F6N2O2S. The van der Waals surface area contributed by atoms with Crippen LogP contribution >= 0.6 is 0 Å². The number of sulfone groups is 1. The molecule has 0 unspecified atom stereocenters. The minimum absolute atomic E-state index is 0.0224. The van der Waals surface area contributed by atoms with Crippen LogP contribution in [0.4, 0.5) is 26.3 Å². The fourth-order valence-electron chi connectivity index (χ4n) is 2.66. The Bertz CT molecular complexity index is 1150. The predicted octanol–water partition coefficient (Wildman–Crippen LogP) is 5.04. The topological polar surface area (TPSA) is 52.0 Å². The number of hydrogen-bond acceptors (Lipinski definition) is 3. The molecule has 29 heavy (non-hydrogen) atoms. The monoisotopic (exact) mass is 434 g/mol.